The minimum Gasteiger partial charge on any atom is -0.362 e. The molecule has 2 heterocycles. The molecule has 2 rings (SSSR count). The lowest BCUT2D eigenvalue weighted by atomic mass is 10.2. The van der Waals surface area contributed by atoms with Gasteiger partial charge in [-0.05, 0) is 38.4 Å². The second-order valence-electron chi connectivity index (χ2n) is 5.47. The molecular formula is C15H25N5S. The highest BCUT2D eigenvalue weighted by Gasteiger charge is 2.13. The fraction of sp³-hybridized carbons (Fsp3) is 0.667. The van der Waals surface area contributed by atoms with Gasteiger partial charge in [0.2, 0.25) is 5.95 Å². The lowest BCUT2D eigenvalue weighted by Gasteiger charge is -2.22. The summed E-state index contributed by atoms with van der Waals surface area (Å²) < 4.78 is 0. The average Bonchev–Trinajstić information content (AvgIpc) is 2.73. The van der Waals surface area contributed by atoms with Gasteiger partial charge in [-0.2, -0.15) is 4.98 Å². The van der Waals surface area contributed by atoms with Gasteiger partial charge >= 0.3 is 0 Å². The Bertz CT molecular complexity index is 469. The zero-order valence-electron chi connectivity index (χ0n) is 13.0. The summed E-state index contributed by atoms with van der Waals surface area (Å²) in [6.45, 7) is 7.12. The number of rotatable bonds is 4. The molecule has 5 nitrogen and oxygen atoms in total. The first-order chi connectivity index (χ1) is 10.2. The molecule has 0 amide bonds. The second kappa shape index (κ2) is 8.12. The summed E-state index contributed by atoms with van der Waals surface area (Å²) in [5.74, 6) is 1.59. The number of hydrogen-bond acceptors (Lipinski definition) is 4. The van der Waals surface area contributed by atoms with Gasteiger partial charge < -0.3 is 15.5 Å². The molecule has 0 radical (unpaired) electrons. The molecular weight excluding hydrogens is 282 g/mol. The Morgan fingerprint density at radius 3 is 2.62 bits per heavy atom. The van der Waals surface area contributed by atoms with Crippen LogP contribution in [0, 0.1) is 6.92 Å². The molecule has 6 heteroatoms. The van der Waals surface area contributed by atoms with Crippen LogP contribution in [0.25, 0.3) is 0 Å². The smallest absolute Gasteiger partial charge is 0.231 e. The highest BCUT2D eigenvalue weighted by atomic mass is 32.1. The Hall–Kier alpha value is -1.43. The Kier molecular flexibility index (Phi) is 6.17. The van der Waals surface area contributed by atoms with Crippen LogP contribution in [0.2, 0.25) is 0 Å². The monoisotopic (exact) mass is 307 g/mol. The summed E-state index contributed by atoms with van der Waals surface area (Å²) in [6.07, 6.45) is 6.15. The SMILES string of the molecule is CCCNC(=S)Nc1nc(C)cc(N2CCCCCC2)n1. The molecule has 1 aromatic rings. The van der Waals surface area contributed by atoms with Gasteiger partial charge in [0.05, 0.1) is 0 Å². The third kappa shape index (κ3) is 5.12. The van der Waals surface area contributed by atoms with Crippen molar-refractivity contribution in [3.05, 3.63) is 11.8 Å². The Morgan fingerprint density at radius 2 is 1.95 bits per heavy atom. The van der Waals surface area contributed by atoms with Crippen molar-refractivity contribution in [3.8, 4) is 0 Å². The zero-order valence-corrected chi connectivity index (χ0v) is 13.8. The lowest BCUT2D eigenvalue weighted by molar-refractivity contribution is 0.726. The number of aryl methyl sites for hydroxylation is 1. The van der Waals surface area contributed by atoms with E-state index >= 15 is 0 Å². The van der Waals surface area contributed by atoms with Crippen LogP contribution < -0.4 is 15.5 Å². The van der Waals surface area contributed by atoms with Crippen LogP contribution >= 0.6 is 12.2 Å². The molecule has 1 fully saturated rings. The fourth-order valence-corrected chi connectivity index (χ4v) is 2.65. The molecule has 21 heavy (non-hydrogen) atoms. The summed E-state index contributed by atoms with van der Waals surface area (Å²) in [5.41, 5.74) is 0.963. The molecule has 1 aliphatic heterocycles. The Balaban J connectivity index is 2.07. The van der Waals surface area contributed by atoms with Crippen molar-refractivity contribution in [1.82, 2.24) is 15.3 Å². The van der Waals surface area contributed by atoms with Gasteiger partial charge in [-0.15, -0.1) is 0 Å². The third-order valence-electron chi connectivity index (χ3n) is 3.53. The van der Waals surface area contributed by atoms with E-state index in [0.717, 1.165) is 37.6 Å². The standard InChI is InChI=1S/C15H25N5S/c1-3-8-16-15(21)19-14-17-12(2)11-13(18-14)20-9-6-4-5-7-10-20/h11H,3-10H2,1-2H3,(H2,16,17,18,19,21). The second-order valence-corrected chi connectivity index (χ2v) is 5.88. The molecule has 2 N–H and O–H groups in total. The van der Waals surface area contributed by atoms with Crippen molar-refractivity contribution in [3.63, 3.8) is 0 Å². The van der Waals surface area contributed by atoms with Gasteiger partial charge in [0.25, 0.3) is 0 Å². The minimum absolute atomic E-state index is 0.586. The van der Waals surface area contributed by atoms with E-state index in [1.807, 2.05) is 6.92 Å². The number of nitrogens with zero attached hydrogens (tertiary/aromatic N) is 3. The van der Waals surface area contributed by atoms with Crippen LogP contribution in [0.3, 0.4) is 0 Å². The maximum atomic E-state index is 5.25. The van der Waals surface area contributed by atoms with Crippen molar-refractivity contribution in [2.75, 3.05) is 29.9 Å². The summed E-state index contributed by atoms with van der Waals surface area (Å²) in [5, 5.41) is 6.81. The van der Waals surface area contributed by atoms with Gasteiger partial charge in [0.15, 0.2) is 5.11 Å². The van der Waals surface area contributed by atoms with Crippen molar-refractivity contribution >= 4 is 29.1 Å². The van der Waals surface area contributed by atoms with Crippen molar-refractivity contribution in [1.29, 1.82) is 0 Å². The summed E-state index contributed by atoms with van der Waals surface area (Å²) in [7, 11) is 0. The zero-order chi connectivity index (χ0) is 15.1. The number of aromatic nitrogens is 2. The lowest BCUT2D eigenvalue weighted by Crippen LogP contribution is -2.30. The predicted octanol–water partition coefficient (Wildman–Crippen LogP) is 2.86. The normalized spacial score (nSPS) is 15.4. The van der Waals surface area contributed by atoms with Gasteiger partial charge in [0.1, 0.15) is 5.82 Å². The van der Waals surface area contributed by atoms with E-state index in [1.165, 1.54) is 25.7 Å². The summed E-state index contributed by atoms with van der Waals surface area (Å²) >= 11 is 5.25. The van der Waals surface area contributed by atoms with Crippen LogP contribution in [0.4, 0.5) is 11.8 Å². The molecule has 0 unspecified atom stereocenters. The fourth-order valence-electron chi connectivity index (χ4n) is 2.45. The van der Waals surface area contributed by atoms with E-state index in [0.29, 0.717) is 11.1 Å². The van der Waals surface area contributed by atoms with E-state index in [2.05, 4.69) is 38.5 Å². The van der Waals surface area contributed by atoms with E-state index in [9.17, 15) is 0 Å². The average molecular weight is 307 g/mol. The third-order valence-corrected chi connectivity index (χ3v) is 3.78. The van der Waals surface area contributed by atoms with Crippen LogP contribution in [0.1, 0.15) is 44.7 Å². The predicted molar refractivity (Wildman–Crippen MR) is 92.0 cm³/mol. The van der Waals surface area contributed by atoms with Gasteiger partial charge in [-0.3, -0.25) is 0 Å². The van der Waals surface area contributed by atoms with Crippen LogP contribution in [0.5, 0.6) is 0 Å². The Morgan fingerprint density at radius 1 is 1.24 bits per heavy atom. The van der Waals surface area contributed by atoms with E-state index in [1.54, 1.807) is 0 Å². The van der Waals surface area contributed by atoms with E-state index < -0.39 is 0 Å². The number of thiocarbonyl (C=S) groups is 1. The van der Waals surface area contributed by atoms with Gasteiger partial charge in [-0.1, -0.05) is 19.8 Å². The topological polar surface area (TPSA) is 53.1 Å². The summed E-state index contributed by atoms with van der Waals surface area (Å²) in [6, 6.07) is 2.05. The maximum Gasteiger partial charge on any atom is 0.231 e. The first-order valence-electron chi connectivity index (χ1n) is 7.84. The molecule has 1 aromatic heterocycles. The largest absolute Gasteiger partial charge is 0.362 e. The van der Waals surface area contributed by atoms with Gasteiger partial charge in [-0.25, -0.2) is 4.98 Å². The first-order valence-corrected chi connectivity index (χ1v) is 8.25. The van der Waals surface area contributed by atoms with Crippen LogP contribution in [-0.4, -0.2) is 34.7 Å². The molecule has 0 aromatic carbocycles. The van der Waals surface area contributed by atoms with E-state index in [-0.39, 0.29) is 0 Å². The van der Waals surface area contributed by atoms with Crippen molar-refractivity contribution < 1.29 is 0 Å². The molecule has 0 saturated carbocycles. The quantitative estimate of drug-likeness (QED) is 0.834. The number of nitrogens with one attached hydrogen (secondary N) is 2. The molecule has 1 saturated heterocycles. The molecule has 1 aliphatic rings. The number of anilines is 2. The van der Waals surface area contributed by atoms with E-state index in [4.69, 9.17) is 12.2 Å². The van der Waals surface area contributed by atoms with Gasteiger partial charge in [0, 0.05) is 31.4 Å². The molecule has 116 valence electrons. The highest BCUT2D eigenvalue weighted by molar-refractivity contribution is 7.80. The van der Waals surface area contributed by atoms with Crippen LogP contribution in [-0.2, 0) is 0 Å². The number of hydrogen-bond donors (Lipinski definition) is 2. The van der Waals surface area contributed by atoms with Crippen molar-refractivity contribution in [2.24, 2.45) is 0 Å². The minimum atomic E-state index is 0.586. The summed E-state index contributed by atoms with van der Waals surface area (Å²) in [4.78, 5) is 11.4. The molecule has 0 atom stereocenters. The molecule has 0 bridgehead atoms. The molecule has 0 spiro atoms. The first kappa shape index (κ1) is 15.9. The molecule has 0 aliphatic carbocycles. The Labute approximate surface area is 132 Å². The van der Waals surface area contributed by atoms with Crippen LogP contribution in [0.15, 0.2) is 6.07 Å². The highest BCUT2D eigenvalue weighted by Crippen LogP contribution is 2.19. The maximum absolute atomic E-state index is 5.25. The van der Waals surface area contributed by atoms with Crippen molar-refractivity contribution in [2.45, 2.75) is 46.0 Å².